The SMILES string of the molecule is CCNC(Cc1cccc(F)c1F)c1cc(Cl)cc(Cl)c1. The number of halogens is 4. The number of hydrogen-bond acceptors (Lipinski definition) is 1. The molecule has 2 aromatic carbocycles. The Morgan fingerprint density at radius 3 is 2.38 bits per heavy atom. The molecule has 0 saturated carbocycles. The van der Waals surface area contributed by atoms with Crippen LogP contribution in [0.25, 0.3) is 0 Å². The molecule has 2 rings (SSSR count). The maximum atomic E-state index is 13.8. The Morgan fingerprint density at radius 2 is 1.76 bits per heavy atom. The summed E-state index contributed by atoms with van der Waals surface area (Å²) in [6.07, 6.45) is 0.314. The fraction of sp³-hybridized carbons (Fsp3) is 0.250. The normalized spacial score (nSPS) is 12.4. The minimum Gasteiger partial charge on any atom is -0.310 e. The molecule has 0 saturated heterocycles. The molecule has 0 radical (unpaired) electrons. The third-order valence-electron chi connectivity index (χ3n) is 3.19. The van der Waals surface area contributed by atoms with Gasteiger partial charge in [-0.15, -0.1) is 0 Å². The second-order valence-electron chi connectivity index (χ2n) is 4.73. The fourth-order valence-electron chi connectivity index (χ4n) is 2.26. The highest BCUT2D eigenvalue weighted by atomic mass is 35.5. The van der Waals surface area contributed by atoms with E-state index in [1.54, 1.807) is 24.3 Å². The predicted octanol–water partition coefficient (Wildman–Crippen LogP) is 5.16. The van der Waals surface area contributed by atoms with Crippen molar-refractivity contribution in [1.82, 2.24) is 5.32 Å². The molecule has 0 aliphatic heterocycles. The van der Waals surface area contributed by atoms with Gasteiger partial charge in [0.25, 0.3) is 0 Å². The van der Waals surface area contributed by atoms with Crippen LogP contribution in [-0.4, -0.2) is 6.54 Å². The van der Waals surface area contributed by atoms with Gasteiger partial charge in [0, 0.05) is 16.1 Å². The van der Waals surface area contributed by atoms with E-state index in [0.29, 0.717) is 28.6 Å². The van der Waals surface area contributed by atoms with Gasteiger partial charge in [-0.25, -0.2) is 8.78 Å². The average molecular weight is 330 g/mol. The van der Waals surface area contributed by atoms with Gasteiger partial charge in [-0.2, -0.15) is 0 Å². The van der Waals surface area contributed by atoms with Gasteiger partial charge < -0.3 is 5.32 Å². The van der Waals surface area contributed by atoms with E-state index in [0.717, 1.165) is 11.6 Å². The van der Waals surface area contributed by atoms with Gasteiger partial charge in [0.15, 0.2) is 11.6 Å². The molecule has 0 bridgehead atoms. The van der Waals surface area contributed by atoms with E-state index in [-0.39, 0.29) is 6.04 Å². The zero-order valence-electron chi connectivity index (χ0n) is 11.5. The van der Waals surface area contributed by atoms with Crippen LogP contribution < -0.4 is 5.32 Å². The summed E-state index contributed by atoms with van der Waals surface area (Å²) in [4.78, 5) is 0. The molecule has 112 valence electrons. The van der Waals surface area contributed by atoms with Gasteiger partial charge in [-0.05, 0) is 48.4 Å². The lowest BCUT2D eigenvalue weighted by molar-refractivity contribution is 0.481. The first-order valence-corrected chi connectivity index (χ1v) is 7.39. The fourth-order valence-corrected chi connectivity index (χ4v) is 2.80. The Balaban J connectivity index is 2.32. The summed E-state index contributed by atoms with van der Waals surface area (Å²) in [5.41, 5.74) is 1.16. The van der Waals surface area contributed by atoms with Gasteiger partial charge in [-0.3, -0.25) is 0 Å². The second kappa shape index (κ2) is 7.21. The van der Waals surface area contributed by atoms with E-state index in [1.165, 1.54) is 6.07 Å². The van der Waals surface area contributed by atoms with E-state index in [9.17, 15) is 8.78 Å². The van der Waals surface area contributed by atoms with E-state index >= 15 is 0 Å². The molecule has 0 aromatic heterocycles. The van der Waals surface area contributed by atoms with Crippen molar-refractivity contribution < 1.29 is 8.78 Å². The molecule has 1 unspecified atom stereocenters. The quantitative estimate of drug-likeness (QED) is 0.798. The largest absolute Gasteiger partial charge is 0.310 e. The lowest BCUT2D eigenvalue weighted by Gasteiger charge is -2.19. The van der Waals surface area contributed by atoms with Crippen molar-refractivity contribution in [3.63, 3.8) is 0 Å². The molecule has 1 atom stereocenters. The molecule has 0 aliphatic rings. The number of benzene rings is 2. The zero-order valence-corrected chi connectivity index (χ0v) is 13.0. The summed E-state index contributed by atoms with van der Waals surface area (Å²) in [7, 11) is 0. The lowest BCUT2D eigenvalue weighted by Crippen LogP contribution is -2.23. The van der Waals surface area contributed by atoms with E-state index < -0.39 is 11.6 Å². The van der Waals surface area contributed by atoms with Gasteiger partial charge in [0.05, 0.1) is 0 Å². The van der Waals surface area contributed by atoms with Crippen LogP contribution >= 0.6 is 23.2 Å². The molecule has 0 aliphatic carbocycles. The number of nitrogens with one attached hydrogen (secondary N) is 1. The van der Waals surface area contributed by atoms with Crippen LogP contribution in [0, 0.1) is 11.6 Å². The molecule has 0 spiro atoms. The highest BCUT2D eigenvalue weighted by Gasteiger charge is 2.16. The molecule has 0 heterocycles. The van der Waals surface area contributed by atoms with Crippen molar-refractivity contribution in [3.05, 3.63) is 69.2 Å². The Kier molecular flexibility index (Phi) is 5.57. The molecule has 0 fully saturated rings. The third kappa shape index (κ3) is 4.16. The molecule has 5 heteroatoms. The number of rotatable bonds is 5. The van der Waals surface area contributed by atoms with Crippen molar-refractivity contribution in [3.8, 4) is 0 Å². The van der Waals surface area contributed by atoms with Crippen molar-refractivity contribution in [1.29, 1.82) is 0 Å². The maximum Gasteiger partial charge on any atom is 0.162 e. The second-order valence-corrected chi connectivity index (χ2v) is 5.60. The molecular formula is C16H15Cl2F2N. The zero-order chi connectivity index (χ0) is 15.4. The monoisotopic (exact) mass is 329 g/mol. The molecule has 0 amide bonds. The van der Waals surface area contributed by atoms with Crippen LogP contribution in [0.2, 0.25) is 10.0 Å². The van der Waals surface area contributed by atoms with Gasteiger partial charge in [0.1, 0.15) is 0 Å². The Bertz CT molecular complexity index is 611. The van der Waals surface area contributed by atoms with E-state index in [2.05, 4.69) is 5.32 Å². The summed E-state index contributed by atoms with van der Waals surface area (Å²) in [6, 6.07) is 9.19. The molecule has 1 N–H and O–H groups in total. The minimum absolute atomic E-state index is 0.192. The number of likely N-dealkylation sites (N-methyl/N-ethyl adjacent to an activating group) is 1. The Hall–Kier alpha value is -1.16. The first-order valence-electron chi connectivity index (χ1n) is 6.63. The maximum absolute atomic E-state index is 13.8. The third-order valence-corrected chi connectivity index (χ3v) is 3.63. The van der Waals surface area contributed by atoms with Gasteiger partial charge >= 0.3 is 0 Å². The highest BCUT2D eigenvalue weighted by Crippen LogP contribution is 2.27. The van der Waals surface area contributed by atoms with Crippen LogP contribution in [-0.2, 0) is 6.42 Å². The first kappa shape index (κ1) is 16.2. The summed E-state index contributed by atoms with van der Waals surface area (Å²) < 4.78 is 27.1. The summed E-state index contributed by atoms with van der Waals surface area (Å²) in [5, 5.41) is 4.27. The van der Waals surface area contributed by atoms with Crippen LogP contribution in [0.4, 0.5) is 8.78 Å². The van der Waals surface area contributed by atoms with Crippen molar-refractivity contribution >= 4 is 23.2 Å². The summed E-state index contributed by atoms with van der Waals surface area (Å²) in [5.74, 6) is -1.65. The lowest BCUT2D eigenvalue weighted by atomic mass is 9.98. The predicted molar refractivity (Wildman–Crippen MR) is 82.9 cm³/mol. The van der Waals surface area contributed by atoms with Crippen LogP contribution in [0.15, 0.2) is 36.4 Å². The standard InChI is InChI=1S/C16H15Cl2F2N/c1-2-21-15(11-6-12(17)9-13(18)7-11)8-10-4-3-5-14(19)16(10)20/h3-7,9,15,21H,2,8H2,1H3. The van der Waals surface area contributed by atoms with Gasteiger partial charge in [-0.1, -0.05) is 42.3 Å². The van der Waals surface area contributed by atoms with Gasteiger partial charge in [0.2, 0.25) is 0 Å². The van der Waals surface area contributed by atoms with Crippen molar-refractivity contribution in [2.75, 3.05) is 6.54 Å². The van der Waals surface area contributed by atoms with E-state index in [4.69, 9.17) is 23.2 Å². The van der Waals surface area contributed by atoms with Crippen LogP contribution in [0.3, 0.4) is 0 Å². The molecule has 2 aromatic rings. The minimum atomic E-state index is -0.841. The molecular weight excluding hydrogens is 315 g/mol. The van der Waals surface area contributed by atoms with Crippen LogP contribution in [0.5, 0.6) is 0 Å². The topological polar surface area (TPSA) is 12.0 Å². The summed E-state index contributed by atoms with van der Waals surface area (Å²) >= 11 is 12.0. The molecule has 21 heavy (non-hydrogen) atoms. The Labute approximate surface area is 132 Å². The average Bonchev–Trinajstić information content (AvgIpc) is 2.42. The smallest absolute Gasteiger partial charge is 0.162 e. The Morgan fingerprint density at radius 1 is 1.10 bits per heavy atom. The van der Waals surface area contributed by atoms with Crippen molar-refractivity contribution in [2.24, 2.45) is 0 Å². The molecule has 1 nitrogen and oxygen atoms in total. The highest BCUT2D eigenvalue weighted by molar-refractivity contribution is 6.34. The van der Waals surface area contributed by atoms with E-state index in [1.807, 2.05) is 6.92 Å². The van der Waals surface area contributed by atoms with Crippen LogP contribution in [0.1, 0.15) is 24.1 Å². The number of hydrogen-bond donors (Lipinski definition) is 1. The first-order chi connectivity index (χ1) is 10.0. The summed E-state index contributed by atoms with van der Waals surface area (Å²) in [6.45, 7) is 2.63. The van der Waals surface area contributed by atoms with Crippen molar-refractivity contribution in [2.45, 2.75) is 19.4 Å².